The molecule has 6 heteroatoms. The second-order valence-corrected chi connectivity index (χ2v) is 7.04. The van der Waals surface area contributed by atoms with Crippen molar-refractivity contribution in [3.05, 3.63) is 41.1 Å². The summed E-state index contributed by atoms with van der Waals surface area (Å²) in [6, 6.07) is 7.67. The number of hydrogen-bond donors (Lipinski definition) is 1. The van der Waals surface area contributed by atoms with Gasteiger partial charge in [0.15, 0.2) is 5.17 Å². The zero-order chi connectivity index (χ0) is 17.3. The fourth-order valence-corrected chi connectivity index (χ4v) is 4.57. The Morgan fingerprint density at radius 2 is 2.12 bits per heavy atom. The fraction of sp³-hybridized carbons (Fsp3) is 0.444. The smallest absolute Gasteiger partial charge is 0.335 e. The van der Waals surface area contributed by atoms with E-state index >= 15 is 0 Å². The van der Waals surface area contributed by atoms with Crippen LogP contribution in [0.1, 0.15) is 38.3 Å². The molecule has 0 bridgehead atoms. The number of methoxy groups -OCH3 is 1. The lowest BCUT2D eigenvalue weighted by Gasteiger charge is -2.45. The first kappa shape index (κ1) is 16.9. The molecule has 1 fully saturated rings. The Labute approximate surface area is 146 Å². The Hall–Kier alpha value is -1.95. The van der Waals surface area contributed by atoms with E-state index in [9.17, 15) is 9.90 Å². The zero-order valence-electron chi connectivity index (χ0n) is 14.2. The Kier molecular flexibility index (Phi) is 4.85. The van der Waals surface area contributed by atoms with E-state index in [0.29, 0.717) is 17.3 Å². The topological polar surface area (TPSA) is 62.1 Å². The van der Waals surface area contributed by atoms with Gasteiger partial charge in [0, 0.05) is 11.8 Å². The first-order valence-electron chi connectivity index (χ1n) is 8.14. The van der Waals surface area contributed by atoms with Crippen LogP contribution in [0, 0.1) is 0 Å². The minimum Gasteiger partial charge on any atom is -0.497 e. The summed E-state index contributed by atoms with van der Waals surface area (Å²) in [6.07, 6.45) is 2.01. The van der Waals surface area contributed by atoms with Crippen LogP contribution < -0.4 is 4.74 Å². The summed E-state index contributed by atoms with van der Waals surface area (Å²) in [5, 5.41) is 10.7. The van der Waals surface area contributed by atoms with Gasteiger partial charge in [0.25, 0.3) is 0 Å². The molecule has 0 spiro atoms. The minimum atomic E-state index is -0.901. The van der Waals surface area contributed by atoms with Crippen LogP contribution in [-0.4, -0.2) is 40.0 Å². The highest BCUT2D eigenvalue weighted by molar-refractivity contribution is 8.13. The normalized spacial score (nSPS) is 23.6. The number of rotatable bonds is 4. The monoisotopic (exact) mass is 346 g/mol. The highest BCUT2D eigenvalue weighted by Crippen LogP contribution is 2.42. The number of carboxylic acids is 1. The Morgan fingerprint density at radius 3 is 2.71 bits per heavy atom. The van der Waals surface area contributed by atoms with E-state index in [1.165, 1.54) is 0 Å². The molecule has 2 atom stereocenters. The van der Waals surface area contributed by atoms with Crippen molar-refractivity contribution >= 4 is 22.9 Å². The van der Waals surface area contributed by atoms with Gasteiger partial charge in [-0.2, -0.15) is 0 Å². The number of fused-ring (bicyclic) bond motifs is 1. The zero-order valence-corrected chi connectivity index (χ0v) is 15.0. The number of hydrogen-bond acceptors (Lipinski definition) is 5. The third kappa shape index (κ3) is 2.90. The molecule has 2 heterocycles. The summed E-state index contributed by atoms with van der Waals surface area (Å²) < 4.78 is 5.23. The number of aliphatic carboxylic acids is 1. The molecule has 1 N–H and O–H groups in total. The number of ether oxygens (including phenoxy) is 1. The molecule has 0 amide bonds. The van der Waals surface area contributed by atoms with Crippen molar-refractivity contribution in [3.8, 4) is 5.75 Å². The molecule has 0 radical (unpaired) electrons. The lowest BCUT2D eigenvalue weighted by molar-refractivity contribution is -0.133. The van der Waals surface area contributed by atoms with Crippen molar-refractivity contribution in [1.82, 2.24) is 4.90 Å². The van der Waals surface area contributed by atoms with Crippen LogP contribution in [0.25, 0.3) is 0 Å². The Balaban J connectivity index is 2.12. The third-order valence-electron chi connectivity index (χ3n) is 4.63. The SMILES string of the molecule is CCC1CCSC2=NC(C)=C(C(=O)O)C(c3ccc(OC)cc3)N21. The van der Waals surface area contributed by atoms with Gasteiger partial charge in [-0.15, -0.1) is 0 Å². The van der Waals surface area contributed by atoms with Crippen LogP contribution in [0.2, 0.25) is 0 Å². The van der Waals surface area contributed by atoms with Crippen LogP contribution in [0.15, 0.2) is 40.5 Å². The summed E-state index contributed by atoms with van der Waals surface area (Å²) in [5.41, 5.74) is 1.92. The minimum absolute atomic E-state index is 0.305. The van der Waals surface area contributed by atoms with Crippen LogP contribution in [0.4, 0.5) is 0 Å². The molecule has 2 unspecified atom stereocenters. The number of nitrogens with zero attached hydrogens (tertiary/aromatic N) is 2. The van der Waals surface area contributed by atoms with Crippen molar-refractivity contribution in [1.29, 1.82) is 0 Å². The molecule has 24 heavy (non-hydrogen) atoms. The Morgan fingerprint density at radius 1 is 1.42 bits per heavy atom. The first-order valence-corrected chi connectivity index (χ1v) is 9.13. The summed E-state index contributed by atoms with van der Waals surface area (Å²) in [4.78, 5) is 18.8. The van der Waals surface area contributed by atoms with Gasteiger partial charge in [-0.05, 0) is 37.5 Å². The van der Waals surface area contributed by atoms with Gasteiger partial charge < -0.3 is 14.7 Å². The lowest BCUT2D eigenvalue weighted by atomic mass is 9.92. The van der Waals surface area contributed by atoms with Crippen molar-refractivity contribution < 1.29 is 14.6 Å². The standard InChI is InChI=1S/C18H22N2O3S/c1-4-13-9-10-24-18-19-11(2)15(17(21)22)16(20(13)18)12-5-7-14(23-3)8-6-12/h5-8,13,16H,4,9-10H2,1-3H3,(H,21,22). The summed E-state index contributed by atoms with van der Waals surface area (Å²) >= 11 is 1.71. The van der Waals surface area contributed by atoms with E-state index in [1.807, 2.05) is 24.3 Å². The highest BCUT2D eigenvalue weighted by atomic mass is 32.2. The van der Waals surface area contributed by atoms with E-state index in [2.05, 4.69) is 16.8 Å². The van der Waals surface area contributed by atoms with Gasteiger partial charge in [-0.25, -0.2) is 9.79 Å². The van der Waals surface area contributed by atoms with Crippen molar-refractivity contribution in [2.75, 3.05) is 12.9 Å². The number of benzene rings is 1. The molecular formula is C18H22N2O3S. The quantitative estimate of drug-likeness (QED) is 0.901. The summed E-state index contributed by atoms with van der Waals surface area (Å²) in [7, 11) is 1.63. The second kappa shape index (κ2) is 6.89. The average Bonchev–Trinajstić information content (AvgIpc) is 2.59. The molecule has 1 aromatic carbocycles. The summed E-state index contributed by atoms with van der Waals surface area (Å²) in [5.74, 6) is 0.890. The molecule has 128 valence electrons. The maximum Gasteiger partial charge on any atom is 0.335 e. The van der Waals surface area contributed by atoms with Crippen LogP contribution in [-0.2, 0) is 4.79 Å². The number of thioether (sulfide) groups is 1. The predicted molar refractivity (Wildman–Crippen MR) is 96.5 cm³/mol. The van der Waals surface area contributed by atoms with Crippen LogP contribution in [0.3, 0.4) is 0 Å². The molecule has 0 aliphatic carbocycles. The fourth-order valence-electron chi connectivity index (χ4n) is 3.39. The molecule has 1 saturated heterocycles. The number of carboxylic acid groups (broad SMARTS) is 1. The highest BCUT2D eigenvalue weighted by Gasteiger charge is 2.40. The predicted octanol–water partition coefficient (Wildman–Crippen LogP) is 3.68. The second-order valence-electron chi connectivity index (χ2n) is 5.98. The molecular weight excluding hydrogens is 324 g/mol. The number of aliphatic imine (C=N–C) groups is 1. The lowest BCUT2D eigenvalue weighted by Crippen LogP contribution is -2.48. The first-order chi connectivity index (χ1) is 11.6. The van der Waals surface area contributed by atoms with Crippen molar-refractivity contribution in [2.45, 2.75) is 38.8 Å². The maximum absolute atomic E-state index is 12.0. The molecule has 2 aliphatic rings. The summed E-state index contributed by atoms with van der Waals surface area (Å²) in [6.45, 7) is 3.94. The number of allylic oxidation sites excluding steroid dienone is 1. The third-order valence-corrected chi connectivity index (χ3v) is 5.63. The van der Waals surface area contributed by atoms with Crippen molar-refractivity contribution in [3.63, 3.8) is 0 Å². The van der Waals surface area contributed by atoms with Gasteiger partial charge >= 0.3 is 5.97 Å². The van der Waals surface area contributed by atoms with E-state index in [1.54, 1.807) is 25.8 Å². The van der Waals surface area contributed by atoms with E-state index in [-0.39, 0.29) is 6.04 Å². The van der Waals surface area contributed by atoms with Crippen molar-refractivity contribution in [2.24, 2.45) is 4.99 Å². The van der Waals surface area contributed by atoms with Crippen LogP contribution in [0.5, 0.6) is 5.75 Å². The van der Waals surface area contributed by atoms with E-state index in [0.717, 1.165) is 35.1 Å². The van der Waals surface area contributed by atoms with Gasteiger partial charge in [0.2, 0.25) is 0 Å². The molecule has 2 aliphatic heterocycles. The molecule has 0 aromatic heterocycles. The van der Waals surface area contributed by atoms with Gasteiger partial charge in [-0.1, -0.05) is 30.8 Å². The van der Waals surface area contributed by atoms with Gasteiger partial charge in [0.1, 0.15) is 5.75 Å². The number of amidine groups is 1. The maximum atomic E-state index is 12.0. The molecule has 5 nitrogen and oxygen atoms in total. The van der Waals surface area contributed by atoms with E-state index in [4.69, 9.17) is 4.74 Å². The molecule has 3 rings (SSSR count). The Bertz CT molecular complexity index is 697. The van der Waals surface area contributed by atoms with E-state index < -0.39 is 5.97 Å². The van der Waals surface area contributed by atoms with Crippen LogP contribution >= 0.6 is 11.8 Å². The van der Waals surface area contributed by atoms with Gasteiger partial charge in [-0.3, -0.25) is 0 Å². The molecule has 1 aromatic rings. The largest absolute Gasteiger partial charge is 0.497 e. The number of carbonyl (C=O) groups is 1. The van der Waals surface area contributed by atoms with Gasteiger partial charge in [0.05, 0.1) is 24.4 Å². The average molecular weight is 346 g/mol. The molecule has 0 saturated carbocycles.